The monoisotopic (exact) mass is 235 g/mol. The Kier molecular flexibility index (Phi) is 5.31. The number of nitrogens with zero attached hydrogens (tertiary/aromatic N) is 1. The van der Waals surface area contributed by atoms with Gasteiger partial charge in [0.05, 0.1) is 12.3 Å². The third-order valence-corrected chi connectivity index (χ3v) is 1.95. The van der Waals surface area contributed by atoms with Gasteiger partial charge in [-0.25, -0.2) is 0 Å². The van der Waals surface area contributed by atoms with Crippen molar-refractivity contribution in [3.8, 4) is 6.07 Å². The first-order valence-electron chi connectivity index (χ1n) is 5.19. The molecule has 0 saturated heterocycles. The molecule has 0 radical (unpaired) electrons. The van der Waals surface area contributed by atoms with Gasteiger partial charge in [-0.05, 0) is 18.6 Å². The molecule has 0 bridgehead atoms. The second kappa shape index (κ2) is 7.06. The molecule has 90 valence electrons. The summed E-state index contributed by atoms with van der Waals surface area (Å²) >= 11 is 0. The number of carbonyl (C=O) groups excluding carboxylic acids is 2. The van der Waals surface area contributed by atoms with Gasteiger partial charge in [-0.1, -0.05) is 0 Å². The Balaban J connectivity index is 2.07. The van der Waals surface area contributed by atoms with Crippen molar-refractivity contribution >= 4 is 11.8 Å². The van der Waals surface area contributed by atoms with Gasteiger partial charge in [-0.3, -0.25) is 9.59 Å². The Bertz CT molecular complexity index is 406. The van der Waals surface area contributed by atoms with E-state index >= 15 is 0 Å². The van der Waals surface area contributed by atoms with Crippen LogP contribution in [0, 0.1) is 11.3 Å². The maximum Gasteiger partial charge on any atom is 0.286 e. The summed E-state index contributed by atoms with van der Waals surface area (Å²) in [6.07, 6.45) is 1.89. The summed E-state index contributed by atoms with van der Waals surface area (Å²) in [6.45, 7) is 0.866. The van der Waals surface area contributed by atoms with Crippen LogP contribution in [0.1, 0.15) is 23.4 Å². The zero-order valence-corrected chi connectivity index (χ0v) is 9.23. The minimum Gasteiger partial charge on any atom is -0.459 e. The van der Waals surface area contributed by atoms with Crippen LogP contribution in [0.15, 0.2) is 22.8 Å². The normalized spacial score (nSPS) is 9.35. The summed E-state index contributed by atoms with van der Waals surface area (Å²) in [5, 5.41) is 13.4. The van der Waals surface area contributed by atoms with E-state index < -0.39 is 0 Å². The van der Waals surface area contributed by atoms with Crippen molar-refractivity contribution in [1.29, 1.82) is 5.26 Å². The lowest BCUT2D eigenvalue weighted by atomic mass is 10.3. The van der Waals surface area contributed by atoms with Crippen LogP contribution in [0.2, 0.25) is 0 Å². The Hall–Kier alpha value is -2.29. The van der Waals surface area contributed by atoms with E-state index in [4.69, 9.17) is 9.68 Å². The summed E-state index contributed by atoms with van der Waals surface area (Å²) in [7, 11) is 0. The quantitative estimate of drug-likeness (QED) is 0.699. The topological polar surface area (TPSA) is 95.1 Å². The standard InChI is InChI=1S/C11H13N3O3/c12-5-4-10(15)13-6-2-7-14-11(16)9-3-1-8-17-9/h1,3,8H,2,4,6-7H2,(H,13,15)(H,14,16). The van der Waals surface area contributed by atoms with Crippen LogP contribution >= 0.6 is 0 Å². The molecule has 0 aliphatic heterocycles. The van der Waals surface area contributed by atoms with Crippen molar-refractivity contribution in [2.75, 3.05) is 13.1 Å². The Morgan fingerprint density at radius 3 is 2.76 bits per heavy atom. The highest BCUT2D eigenvalue weighted by atomic mass is 16.3. The Morgan fingerprint density at radius 1 is 1.35 bits per heavy atom. The predicted molar refractivity (Wildman–Crippen MR) is 58.9 cm³/mol. The molecule has 2 N–H and O–H groups in total. The molecule has 0 aromatic carbocycles. The number of nitrogens with one attached hydrogen (secondary N) is 2. The van der Waals surface area contributed by atoms with Gasteiger partial charge in [0.25, 0.3) is 5.91 Å². The zero-order chi connectivity index (χ0) is 12.5. The van der Waals surface area contributed by atoms with E-state index in [1.54, 1.807) is 18.2 Å². The summed E-state index contributed by atoms with van der Waals surface area (Å²) in [4.78, 5) is 22.3. The fourth-order valence-corrected chi connectivity index (χ4v) is 1.15. The van der Waals surface area contributed by atoms with Gasteiger partial charge in [0.2, 0.25) is 5.91 Å². The molecule has 1 aromatic rings. The van der Waals surface area contributed by atoms with Crippen LogP contribution in [0.4, 0.5) is 0 Å². The van der Waals surface area contributed by atoms with Crippen LogP contribution in [0.25, 0.3) is 0 Å². The molecular formula is C11H13N3O3. The SMILES string of the molecule is N#CCC(=O)NCCCNC(=O)c1ccco1. The molecule has 0 saturated carbocycles. The van der Waals surface area contributed by atoms with Crippen LogP contribution in [0.5, 0.6) is 0 Å². The average molecular weight is 235 g/mol. The number of nitriles is 1. The smallest absolute Gasteiger partial charge is 0.286 e. The largest absolute Gasteiger partial charge is 0.459 e. The molecule has 0 fully saturated rings. The maximum absolute atomic E-state index is 11.4. The molecule has 6 nitrogen and oxygen atoms in total. The summed E-state index contributed by atoms with van der Waals surface area (Å²) in [5.74, 6) is -0.318. The average Bonchev–Trinajstić information content (AvgIpc) is 2.82. The van der Waals surface area contributed by atoms with E-state index in [9.17, 15) is 9.59 Å². The third-order valence-electron chi connectivity index (χ3n) is 1.95. The number of rotatable bonds is 6. The summed E-state index contributed by atoms with van der Waals surface area (Å²) in [5.41, 5.74) is 0. The second-order valence-corrected chi connectivity index (χ2v) is 3.27. The maximum atomic E-state index is 11.4. The van der Waals surface area contributed by atoms with Crippen LogP contribution < -0.4 is 10.6 Å². The molecule has 1 rings (SSSR count). The van der Waals surface area contributed by atoms with Crippen molar-refractivity contribution in [3.05, 3.63) is 24.2 Å². The van der Waals surface area contributed by atoms with Crippen LogP contribution in [0.3, 0.4) is 0 Å². The first-order chi connectivity index (χ1) is 8.24. The second-order valence-electron chi connectivity index (χ2n) is 3.27. The van der Waals surface area contributed by atoms with Crippen LogP contribution in [-0.4, -0.2) is 24.9 Å². The lowest BCUT2D eigenvalue weighted by Gasteiger charge is -2.04. The van der Waals surface area contributed by atoms with Gasteiger partial charge >= 0.3 is 0 Å². The zero-order valence-electron chi connectivity index (χ0n) is 9.23. The number of carbonyl (C=O) groups is 2. The molecule has 1 aromatic heterocycles. The molecule has 17 heavy (non-hydrogen) atoms. The van der Waals surface area contributed by atoms with Gasteiger partial charge in [-0.15, -0.1) is 0 Å². The molecule has 0 spiro atoms. The number of amides is 2. The fraction of sp³-hybridized carbons (Fsp3) is 0.364. The molecule has 0 unspecified atom stereocenters. The van der Waals surface area contributed by atoms with Gasteiger partial charge < -0.3 is 15.1 Å². The van der Waals surface area contributed by atoms with Crippen molar-refractivity contribution in [2.24, 2.45) is 0 Å². The highest BCUT2D eigenvalue weighted by Crippen LogP contribution is 1.98. The lowest BCUT2D eigenvalue weighted by molar-refractivity contribution is -0.120. The number of furan rings is 1. The minimum absolute atomic E-state index is 0.140. The van der Waals surface area contributed by atoms with Crippen molar-refractivity contribution in [1.82, 2.24) is 10.6 Å². The molecule has 1 heterocycles. The van der Waals surface area contributed by atoms with Gasteiger partial charge in [0.1, 0.15) is 6.42 Å². The molecule has 0 aliphatic carbocycles. The summed E-state index contributed by atoms with van der Waals surface area (Å²) < 4.78 is 4.90. The molecular weight excluding hydrogens is 222 g/mol. The number of hydrogen-bond acceptors (Lipinski definition) is 4. The lowest BCUT2D eigenvalue weighted by Crippen LogP contribution is -2.29. The van der Waals surface area contributed by atoms with Crippen molar-refractivity contribution in [3.63, 3.8) is 0 Å². The first-order valence-corrected chi connectivity index (χ1v) is 5.19. The highest BCUT2D eigenvalue weighted by molar-refractivity contribution is 5.91. The van der Waals surface area contributed by atoms with Crippen molar-refractivity contribution in [2.45, 2.75) is 12.8 Å². The Morgan fingerprint density at radius 2 is 2.12 bits per heavy atom. The van der Waals surface area contributed by atoms with E-state index in [1.165, 1.54) is 6.26 Å². The fourth-order valence-electron chi connectivity index (χ4n) is 1.15. The molecule has 2 amide bonds. The molecule has 6 heteroatoms. The predicted octanol–water partition coefficient (Wildman–Crippen LogP) is 0.429. The first kappa shape index (κ1) is 12.8. The molecule has 0 atom stereocenters. The van der Waals surface area contributed by atoms with E-state index in [0.717, 1.165) is 0 Å². The van der Waals surface area contributed by atoms with E-state index in [0.29, 0.717) is 19.5 Å². The minimum atomic E-state index is -0.301. The molecule has 0 aliphatic rings. The third kappa shape index (κ3) is 4.84. The van der Waals surface area contributed by atoms with Gasteiger partial charge in [-0.2, -0.15) is 5.26 Å². The summed E-state index contributed by atoms with van der Waals surface area (Å²) in [6, 6.07) is 4.96. The van der Waals surface area contributed by atoms with Crippen molar-refractivity contribution < 1.29 is 14.0 Å². The number of hydrogen-bond donors (Lipinski definition) is 2. The Labute approximate surface area is 98.6 Å². The van der Waals surface area contributed by atoms with E-state index in [-0.39, 0.29) is 24.0 Å². The van der Waals surface area contributed by atoms with E-state index in [1.807, 2.05) is 0 Å². The van der Waals surface area contributed by atoms with Crippen LogP contribution in [-0.2, 0) is 4.79 Å². The highest BCUT2D eigenvalue weighted by Gasteiger charge is 2.06. The van der Waals surface area contributed by atoms with Gasteiger partial charge in [0, 0.05) is 13.1 Å². The van der Waals surface area contributed by atoms with E-state index in [2.05, 4.69) is 10.6 Å². The van der Waals surface area contributed by atoms with Gasteiger partial charge in [0.15, 0.2) is 5.76 Å².